The highest BCUT2D eigenvalue weighted by molar-refractivity contribution is 5.74. The molecule has 2 N–H and O–H groups in total. The number of esters is 1. The molecule has 0 bridgehead atoms. The molecule has 2 heterocycles. The maximum absolute atomic E-state index is 11.4. The fourth-order valence-electron chi connectivity index (χ4n) is 2.76. The van der Waals surface area contributed by atoms with E-state index in [4.69, 9.17) is 4.74 Å². The van der Waals surface area contributed by atoms with Crippen LogP contribution in [0.15, 0.2) is 0 Å². The fourth-order valence-corrected chi connectivity index (χ4v) is 2.76. The molecule has 0 radical (unpaired) electrons. The molecule has 0 aromatic rings. The largest absolute Gasteiger partial charge is 0.465 e. The van der Waals surface area contributed by atoms with Crippen LogP contribution in [0.2, 0.25) is 0 Å². The summed E-state index contributed by atoms with van der Waals surface area (Å²) in [7, 11) is 2.16. The molecule has 0 amide bonds. The van der Waals surface area contributed by atoms with E-state index in [-0.39, 0.29) is 11.9 Å². The number of rotatable bonds is 3. The molecule has 0 aliphatic carbocycles. The van der Waals surface area contributed by atoms with Crippen LogP contribution in [0.5, 0.6) is 0 Å². The van der Waals surface area contributed by atoms with E-state index in [1.54, 1.807) is 0 Å². The SMILES string of the molecule is CC[C@@H]1C(=O)OC[C@@H]1CC1C[NH2+]CN1C. The molecule has 3 atom stereocenters. The number of carbonyl (C=O) groups excluding carboxylic acids is 1. The van der Waals surface area contributed by atoms with Gasteiger partial charge in [0.15, 0.2) is 0 Å². The van der Waals surface area contributed by atoms with E-state index in [1.807, 2.05) is 0 Å². The lowest BCUT2D eigenvalue weighted by molar-refractivity contribution is -0.643. The predicted molar refractivity (Wildman–Crippen MR) is 56.1 cm³/mol. The molecular formula is C11H21N2O2+. The number of carbonyl (C=O) groups is 1. The van der Waals surface area contributed by atoms with Crippen LogP contribution in [0, 0.1) is 11.8 Å². The van der Waals surface area contributed by atoms with Crippen molar-refractivity contribution in [2.75, 3.05) is 26.9 Å². The molecule has 2 fully saturated rings. The zero-order chi connectivity index (χ0) is 10.8. The van der Waals surface area contributed by atoms with Gasteiger partial charge in [0.25, 0.3) is 0 Å². The van der Waals surface area contributed by atoms with E-state index in [0.29, 0.717) is 18.6 Å². The van der Waals surface area contributed by atoms with Gasteiger partial charge in [-0.05, 0) is 19.9 Å². The summed E-state index contributed by atoms with van der Waals surface area (Å²) < 4.78 is 5.15. The van der Waals surface area contributed by atoms with Gasteiger partial charge in [0.2, 0.25) is 0 Å². The third kappa shape index (κ3) is 2.16. The summed E-state index contributed by atoms with van der Waals surface area (Å²) in [5, 5.41) is 2.32. The second-order valence-electron chi connectivity index (χ2n) is 4.76. The summed E-state index contributed by atoms with van der Waals surface area (Å²) in [6.07, 6.45) is 2.03. The van der Waals surface area contributed by atoms with Gasteiger partial charge in [-0.15, -0.1) is 0 Å². The Morgan fingerprint density at radius 1 is 1.60 bits per heavy atom. The molecule has 2 aliphatic rings. The average molecular weight is 213 g/mol. The number of cyclic esters (lactones) is 1. The van der Waals surface area contributed by atoms with Gasteiger partial charge in [0.1, 0.15) is 6.67 Å². The Labute approximate surface area is 91.0 Å². The smallest absolute Gasteiger partial charge is 0.309 e. The van der Waals surface area contributed by atoms with E-state index in [1.165, 1.54) is 0 Å². The van der Waals surface area contributed by atoms with Crippen LogP contribution in [-0.2, 0) is 9.53 Å². The number of hydrogen-bond donors (Lipinski definition) is 1. The van der Waals surface area contributed by atoms with Gasteiger partial charge in [-0.25, -0.2) is 0 Å². The molecule has 15 heavy (non-hydrogen) atoms. The quantitative estimate of drug-likeness (QED) is 0.637. The highest BCUT2D eigenvalue weighted by atomic mass is 16.5. The van der Waals surface area contributed by atoms with Gasteiger partial charge < -0.3 is 10.1 Å². The van der Waals surface area contributed by atoms with Gasteiger partial charge in [-0.3, -0.25) is 9.69 Å². The Balaban J connectivity index is 1.91. The molecule has 2 saturated heterocycles. The second kappa shape index (κ2) is 4.49. The first-order chi connectivity index (χ1) is 7.22. The molecule has 4 nitrogen and oxygen atoms in total. The van der Waals surface area contributed by atoms with Crippen molar-refractivity contribution < 1.29 is 14.8 Å². The van der Waals surface area contributed by atoms with Gasteiger partial charge in [-0.2, -0.15) is 0 Å². The summed E-state index contributed by atoms with van der Waals surface area (Å²) in [6.45, 7) is 4.97. The van der Waals surface area contributed by atoms with Crippen molar-refractivity contribution in [1.82, 2.24) is 4.90 Å². The van der Waals surface area contributed by atoms with E-state index in [2.05, 4.69) is 24.2 Å². The number of ether oxygens (including phenoxy) is 1. The zero-order valence-electron chi connectivity index (χ0n) is 9.61. The topological polar surface area (TPSA) is 46.1 Å². The Hall–Kier alpha value is -0.610. The van der Waals surface area contributed by atoms with E-state index in [9.17, 15) is 4.79 Å². The van der Waals surface area contributed by atoms with Crippen LogP contribution in [0.25, 0.3) is 0 Å². The zero-order valence-corrected chi connectivity index (χ0v) is 9.61. The first-order valence-electron chi connectivity index (χ1n) is 5.91. The third-order valence-corrected chi connectivity index (χ3v) is 3.81. The third-order valence-electron chi connectivity index (χ3n) is 3.81. The fraction of sp³-hybridized carbons (Fsp3) is 0.909. The Morgan fingerprint density at radius 3 is 3.00 bits per heavy atom. The molecule has 0 spiro atoms. The van der Waals surface area contributed by atoms with Gasteiger partial charge in [0, 0.05) is 5.92 Å². The maximum Gasteiger partial charge on any atom is 0.309 e. The van der Waals surface area contributed by atoms with Crippen molar-refractivity contribution in [3.8, 4) is 0 Å². The van der Waals surface area contributed by atoms with Gasteiger partial charge in [0.05, 0.1) is 25.1 Å². The molecule has 2 rings (SSSR count). The minimum Gasteiger partial charge on any atom is -0.465 e. The summed E-state index contributed by atoms with van der Waals surface area (Å²) in [6, 6.07) is 0.624. The maximum atomic E-state index is 11.4. The monoisotopic (exact) mass is 213 g/mol. The van der Waals surface area contributed by atoms with Gasteiger partial charge in [-0.1, -0.05) is 6.92 Å². The Kier molecular flexibility index (Phi) is 3.26. The summed E-state index contributed by atoms with van der Waals surface area (Å²) >= 11 is 0. The van der Waals surface area contributed by atoms with Crippen LogP contribution in [-0.4, -0.2) is 43.8 Å². The van der Waals surface area contributed by atoms with Crippen molar-refractivity contribution in [1.29, 1.82) is 0 Å². The van der Waals surface area contributed by atoms with E-state index < -0.39 is 0 Å². The van der Waals surface area contributed by atoms with Crippen molar-refractivity contribution in [2.24, 2.45) is 11.8 Å². The van der Waals surface area contributed by atoms with Crippen molar-refractivity contribution in [2.45, 2.75) is 25.8 Å². The molecule has 0 aromatic carbocycles. The van der Waals surface area contributed by atoms with Crippen molar-refractivity contribution >= 4 is 5.97 Å². The highest BCUT2D eigenvalue weighted by Crippen LogP contribution is 2.29. The van der Waals surface area contributed by atoms with Crippen LogP contribution >= 0.6 is 0 Å². The molecule has 0 saturated carbocycles. The van der Waals surface area contributed by atoms with E-state index >= 15 is 0 Å². The number of likely N-dealkylation sites (N-methyl/N-ethyl adjacent to an activating group) is 1. The summed E-state index contributed by atoms with van der Waals surface area (Å²) in [5.41, 5.74) is 0. The number of nitrogens with two attached hydrogens (primary N) is 1. The molecule has 2 aliphatic heterocycles. The standard InChI is InChI=1S/C11H20N2O2/c1-3-10-8(6-15-11(10)14)4-9-5-12-7-13(9)2/h8-10,12H,3-7H2,1-2H3/p+1/t8-,9?,10-/m0/s1. The number of quaternary nitrogens is 1. The normalized spacial score (nSPS) is 37.2. The molecule has 4 heteroatoms. The average Bonchev–Trinajstić information content (AvgIpc) is 2.76. The first kappa shape index (κ1) is 10.9. The molecular weight excluding hydrogens is 192 g/mol. The lowest BCUT2D eigenvalue weighted by Crippen LogP contribution is -2.82. The predicted octanol–water partition coefficient (Wildman–Crippen LogP) is -0.589. The highest BCUT2D eigenvalue weighted by Gasteiger charge is 2.38. The van der Waals surface area contributed by atoms with Crippen LogP contribution in [0.4, 0.5) is 0 Å². The molecule has 0 aromatic heterocycles. The Morgan fingerprint density at radius 2 is 2.40 bits per heavy atom. The van der Waals surface area contributed by atoms with Crippen LogP contribution < -0.4 is 5.32 Å². The lowest BCUT2D eigenvalue weighted by atomic mass is 9.87. The summed E-state index contributed by atoms with van der Waals surface area (Å²) in [4.78, 5) is 13.8. The molecule has 1 unspecified atom stereocenters. The lowest BCUT2D eigenvalue weighted by Gasteiger charge is -2.20. The second-order valence-corrected chi connectivity index (χ2v) is 4.76. The number of nitrogens with zero attached hydrogens (tertiary/aromatic N) is 1. The number of hydrogen-bond acceptors (Lipinski definition) is 3. The molecule has 86 valence electrons. The van der Waals surface area contributed by atoms with Crippen molar-refractivity contribution in [3.63, 3.8) is 0 Å². The summed E-state index contributed by atoms with van der Waals surface area (Å²) in [5.74, 6) is 0.618. The van der Waals surface area contributed by atoms with Crippen LogP contribution in [0.1, 0.15) is 19.8 Å². The van der Waals surface area contributed by atoms with E-state index in [0.717, 1.165) is 26.1 Å². The van der Waals surface area contributed by atoms with Crippen molar-refractivity contribution in [3.05, 3.63) is 0 Å². The minimum absolute atomic E-state index is 0.0205. The first-order valence-corrected chi connectivity index (χ1v) is 5.91. The van der Waals surface area contributed by atoms with Gasteiger partial charge >= 0.3 is 5.97 Å². The Bertz CT molecular complexity index is 245. The van der Waals surface area contributed by atoms with Crippen LogP contribution in [0.3, 0.4) is 0 Å². The minimum atomic E-state index is 0.0205.